The molecular weight excluding hydrogens is 238 g/mol. The highest BCUT2D eigenvalue weighted by atomic mass is 16.5. The smallest absolute Gasteiger partial charge is 0.326 e. The van der Waals surface area contributed by atoms with E-state index in [9.17, 15) is 4.79 Å². The maximum Gasteiger partial charge on any atom is 0.326 e. The van der Waals surface area contributed by atoms with E-state index in [2.05, 4.69) is 39.9 Å². The van der Waals surface area contributed by atoms with Crippen molar-refractivity contribution in [3.8, 4) is 0 Å². The predicted octanol–water partition coefficient (Wildman–Crippen LogP) is 3.52. The van der Waals surface area contributed by atoms with E-state index in [1.807, 2.05) is 6.92 Å². The summed E-state index contributed by atoms with van der Waals surface area (Å²) in [4.78, 5) is 12.3. The quantitative estimate of drug-likeness (QED) is 0.794. The molecular formula is C16H31NO2. The number of carbonyl (C=O) groups is 1. The van der Waals surface area contributed by atoms with Crippen molar-refractivity contribution >= 4 is 5.97 Å². The van der Waals surface area contributed by atoms with Crippen LogP contribution in [0, 0.1) is 11.3 Å². The normalized spacial score (nSPS) is 28.5. The van der Waals surface area contributed by atoms with Crippen molar-refractivity contribution in [1.82, 2.24) is 5.32 Å². The van der Waals surface area contributed by atoms with Gasteiger partial charge in [-0.1, -0.05) is 20.8 Å². The summed E-state index contributed by atoms with van der Waals surface area (Å²) >= 11 is 0. The highest BCUT2D eigenvalue weighted by Gasteiger charge is 2.45. The maximum absolute atomic E-state index is 12.3. The zero-order chi connectivity index (χ0) is 14.7. The van der Waals surface area contributed by atoms with Gasteiger partial charge in [0.1, 0.15) is 5.54 Å². The van der Waals surface area contributed by atoms with Crippen LogP contribution in [-0.4, -0.2) is 24.2 Å². The van der Waals surface area contributed by atoms with E-state index in [4.69, 9.17) is 4.74 Å². The summed E-state index contributed by atoms with van der Waals surface area (Å²) in [7, 11) is 0. The Balaban J connectivity index is 2.77. The first-order valence-corrected chi connectivity index (χ1v) is 7.66. The minimum Gasteiger partial charge on any atom is -0.465 e. The molecule has 0 aromatic carbocycles. The molecule has 1 rings (SSSR count). The summed E-state index contributed by atoms with van der Waals surface area (Å²) in [6.07, 6.45) is 3.99. The van der Waals surface area contributed by atoms with Crippen LogP contribution in [0.3, 0.4) is 0 Å². The van der Waals surface area contributed by atoms with Gasteiger partial charge in [0.2, 0.25) is 0 Å². The predicted molar refractivity (Wildman–Crippen MR) is 79.0 cm³/mol. The van der Waals surface area contributed by atoms with Crippen LogP contribution in [0.2, 0.25) is 0 Å². The Kier molecular flexibility index (Phi) is 5.43. The molecule has 0 aromatic rings. The van der Waals surface area contributed by atoms with Crippen molar-refractivity contribution in [2.75, 3.05) is 6.61 Å². The lowest BCUT2D eigenvalue weighted by Gasteiger charge is -2.43. The molecule has 0 radical (unpaired) electrons. The van der Waals surface area contributed by atoms with E-state index in [0.717, 1.165) is 25.7 Å². The first-order chi connectivity index (χ1) is 8.71. The Labute approximate surface area is 118 Å². The second-order valence-electron chi connectivity index (χ2n) is 7.24. The molecule has 0 heterocycles. The van der Waals surface area contributed by atoms with Crippen LogP contribution in [0.25, 0.3) is 0 Å². The maximum atomic E-state index is 12.3. The molecule has 1 aliphatic rings. The number of hydrogen-bond donors (Lipinski definition) is 1. The fraction of sp³-hybridized carbons (Fsp3) is 0.938. The Hall–Kier alpha value is -0.570. The number of esters is 1. The van der Waals surface area contributed by atoms with Gasteiger partial charge in [0, 0.05) is 6.04 Å². The standard InChI is InChI=1S/C16H31NO2/c1-7-19-14(18)16(17-12(2)3)10-8-13(9-11-16)15(4,5)6/h12-13,17H,7-11H2,1-6H3. The van der Waals surface area contributed by atoms with Gasteiger partial charge in [-0.2, -0.15) is 0 Å². The number of hydrogen-bond acceptors (Lipinski definition) is 3. The van der Waals surface area contributed by atoms with E-state index < -0.39 is 5.54 Å². The summed E-state index contributed by atoms with van der Waals surface area (Å²) in [6.45, 7) is 13.4. The number of carbonyl (C=O) groups excluding carboxylic acids is 1. The summed E-state index contributed by atoms with van der Waals surface area (Å²) in [5, 5.41) is 3.48. The highest BCUT2D eigenvalue weighted by molar-refractivity contribution is 5.81. The minimum absolute atomic E-state index is 0.0592. The van der Waals surface area contributed by atoms with Crippen LogP contribution in [-0.2, 0) is 9.53 Å². The second kappa shape index (κ2) is 6.25. The van der Waals surface area contributed by atoms with Crippen LogP contribution < -0.4 is 5.32 Å². The fourth-order valence-electron chi connectivity index (χ4n) is 3.21. The Morgan fingerprint density at radius 1 is 1.32 bits per heavy atom. The summed E-state index contributed by atoms with van der Waals surface area (Å²) in [6, 6.07) is 0.301. The number of rotatable bonds is 4. The van der Waals surface area contributed by atoms with Crippen molar-refractivity contribution in [3.05, 3.63) is 0 Å². The molecule has 1 fully saturated rings. The van der Waals surface area contributed by atoms with Gasteiger partial charge in [-0.25, -0.2) is 0 Å². The number of ether oxygens (including phenoxy) is 1. The molecule has 1 saturated carbocycles. The molecule has 1 aliphatic carbocycles. The van der Waals surface area contributed by atoms with Crippen molar-refractivity contribution in [1.29, 1.82) is 0 Å². The lowest BCUT2D eigenvalue weighted by atomic mass is 9.67. The van der Waals surface area contributed by atoms with E-state index in [1.54, 1.807) is 0 Å². The molecule has 0 bridgehead atoms. The molecule has 0 aromatic heterocycles. The third kappa shape index (κ3) is 4.20. The molecule has 19 heavy (non-hydrogen) atoms. The first kappa shape index (κ1) is 16.5. The van der Waals surface area contributed by atoms with Crippen LogP contribution in [0.15, 0.2) is 0 Å². The first-order valence-electron chi connectivity index (χ1n) is 7.66. The molecule has 3 nitrogen and oxygen atoms in total. The molecule has 1 N–H and O–H groups in total. The fourth-order valence-corrected chi connectivity index (χ4v) is 3.21. The van der Waals surface area contributed by atoms with Crippen molar-refractivity contribution in [2.45, 2.75) is 78.8 Å². The number of nitrogens with one attached hydrogen (secondary N) is 1. The summed E-state index contributed by atoms with van der Waals surface area (Å²) in [5.41, 5.74) is -0.120. The van der Waals surface area contributed by atoms with E-state index in [0.29, 0.717) is 24.0 Å². The van der Waals surface area contributed by atoms with E-state index >= 15 is 0 Å². The monoisotopic (exact) mass is 269 g/mol. The SMILES string of the molecule is CCOC(=O)C1(NC(C)C)CCC(C(C)(C)C)CC1. The third-order valence-corrected chi connectivity index (χ3v) is 4.30. The molecule has 0 amide bonds. The van der Waals surface area contributed by atoms with Gasteiger partial charge < -0.3 is 4.74 Å². The molecule has 112 valence electrons. The largest absolute Gasteiger partial charge is 0.465 e. The minimum atomic E-state index is -0.452. The lowest BCUT2D eigenvalue weighted by molar-refractivity contribution is -0.154. The van der Waals surface area contributed by atoms with Gasteiger partial charge >= 0.3 is 5.97 Å². The van der Waals surface area contributed by atoms with Crippen molar-refractivity contribution in [3.63, 3.8) is 0 Å². The molecule has 0 unspecified atom stereocenters. The summed E-state index contributed by atoms with van der Waals surface area (Å²) in [5.74, 6) is 0.639. The lowest BCUT2D eigenvalue weighted by Crippen LogP contribution is -2.57. The van der Waals surface area contributed by atoms with Crippen molar-refractivity contribution < 1.29 is 9.53 Å². The Morgan fingerprint density at radius 2 is 1.84 bits per heavy atom. The molecule has 0 saturated heterocycles. The van der Waals surface area contributed by atoms with E-state index in [-0.39, 0.29) is 5.97 Å². The van der Waals surface area contributed by atoms with Gasteiger partial charge in [-0.15, -0.1) is 0 Å². The van der Waals surface area contributed by atoms with Crippen LogP contribution in [0.5, 0.6) is 0 Å². The molecule has 3 heteroatoms. The second-order valence-corrected chi connectivity index (χ2v) is 7.24. The van der Waals surface area contributed by atoms with Crippen LogP contribution >= 0.6 is 0 Å². The zero-order valence-electron chi connectivity index (χ0n) is 13.5. The van der Waals surface area contributed by atoms with Gasteiger partial charge in [0.15, 0.2) is 0 Å². The van der Waals surface area contributed by atoms with E-state index in [1.165, 1.54) is 0 Å². The molecule has 0 aliphatic heterocycles. The van der Waals surface area contributed by atoms with Gasteiger partial charge in [0.25, 0.3) is 0 Å². The average Bonchev–Trinajstić information content (AvgIpc) is 2.27. The highest BCUT2D eigenvalue weighted by Crippen LogP contribution is 2.42. The molecule has 0 spiro atoms. The average molecular weight is 269 g/mol. The van der Waals surface area contributed by atoms with Crippen LogP contribution in [0.1, 0.15) is 67.2 Å². The van der Waals surface area contributed by atoms with Gasteiger partial charge in [0.05, 0.1) is 6.61 Å². The molecule has 0 atom stereocenters. The summed E-state index contributed by atoms with van der Waals surface area (Å²) < 4.78 is 5.31. The topological polar surface area (TPSA) is 38.3 Å². The third-order valence-electron chi connectivity index (χ3n) is 4.30. The zero-order valence-corrected chi connectivity index (χ0v) is 13.5. The Bertz CT molecular complexity index is 296. The Morgan fingerprint density at radius 3 is 2.21 bits per heavy atom. The van der Waals surface area contributed by atoms with Gasteiger partial charge in [-0.3, -0.25) is 10.1 Å². The van der Waals surface area contributed by atoms with Crippen molar-refractivity contribution in [2.24, 2.45) is 11.3 Å². The van der Waals surface area contributed by atoms with Gasteiger partial charge in [-0.05, 0) is 57.8 Å². The van der Waals surface area contributed by atoms with Crippen LogP contribution in [0.4, 0.5) is 0 Å².